The second-order valence-corrected chi connectivity index (χ2v) is 11.6. The summed E-state index contributed by atoms with van der Waals surface area (Å²) in [6, 6.07) is 17.3. The molecule has 2 aliphatic heterocycles. The Kier molecular flexibility index (Phi) is 18.6. The van der Waals surface area contributed by atoms with Crippen molar-refractivity contribution in [1.29, 1.82) is 0 Å². The number of carbonyl (C=O) groups excluding carboxylic acids is 2. The third kappa shape index (κ3) is 15.0. The first kappa shape index (κ1) is 37.8. The van der Waals surface area contributed by atoms with Gasteiger partial charge < -0.3 is 30.7 Å². The first-order valence-corrected chi connectivity index (χ1v) is 16.5. The van der Waals surface area contributed by atoms with Crippen LogP contribution in [0.1, 0.15) is 88.3 Å². The van der Waals surface area contributed by atoms with E-state index >= 15 is 0 Å². The van der Waals surface area contributed by atoms with Crippen molar-refractivity contribution in [3.63, 3.8) is 0 Å². The quantitative estimate of drug-likeness (QED) is 0.155. The van der Waals surface area contributed by atoms with Crippen LogP contribution in [0.3, 0.4) is 0 Å². The molecule has 4 rings (SSSR count). The van der Waals surface area contributed by atoms with Crippen LogP contribution in [0.5, 0.6) is 0 Å². The van der Waals surface area contributed by atoms with Crippen LogP contribution in [0, 0.1) is 0 Å². The summed E-state index contributed by atoms with van der Waals surface area (Å²) in [6.45, 7) is 7.03. The number of likely N-dealkylation sites (tertiary alicyclic amines) is 1. The smallest absolute Gasteiger partial charge is 0.465 e. The van der Waals surface area contributed by atoms with Crippen molar-refractivity contribution < 1.29 is 29.5 Å². The summed E-state index contributed by atoms with van der Waals surface area (Å²) >= 11 is 0. The molecule has 0 bridgehead atoms. The first-order chi connectivity index (χ1) is 21.8. The Labute approximate surface area is 269 Å². The Morgan fingerprint density at radius 3 is 2.00 bits per heavy atom. The summed E-state index contributed by atoms with van der Waals surface area (Å²) in [5.41, 5.74) is 3.46. The molecule has 11 heteroatoms. The molecule has 2 aromatic rings. The fourth-order valence-electron chi connectivity index (χ4n) is 5.32. The minimum Gasteiger partial charge on any atom is -0.465 e. The van der Waals surface area contributed by atoms with Gasteiger partial charge in [-0.2, -0.15) is 0 Å². The topological polar surface area (TPSA) is 142 Å². The molecular formula is C34H53BN4O6. The molecular weight excluding hydrogens is 571 g/mol. The van der Waals surface area contributed by atoms with Crippen molar-refractivity contribution >= 4 is 25.0 Å². The van der Waals surface area contributed by atoms with E-state index in [1.54, 1.807) is 4.90 Å². The Bertz CT molecular complexity index is 1110. The van der Waals surface area contributed by atoms with Crippen molar-refractivity contribution in [2.75, 3.05) is 26.1 Å². The Hall–Kier alpha value is -3.41. The highest BCUT2D eigenvalue weighted by atomic mass is 16.4. The fourth-order valence-corrected chi connectivity index (χ4v) is 5.32. The fraction of sp³-hybridized carbons (Fsp3) is 0.559. The molecule has 1 saturated heterocycles. The molecule has 10 nitrogen and oxygen atoms in total. The molecule has 3 amide bonds. The van der Waals surface area contributed by atoms with Gasteiger partial charge in [-0.15, -0.1) is 0 Å². The predicted octanol–water partition coefficient (Wildman–Crippen LogP) is 4.38. The Morgan fingerprint density at radius 2 is 1.44 bits per heavy atom. The molecule has 2 heterocycles. The van der Waals surface area contributed by atoms with Gasteiger partial charge in [0.05, 0.1) is 13.0 Å². The average Bonchev–Trinajstić information content (AvgIpc) is 3.71. The van der Waals surface area contributed by atoms with E-state index in [0.29, 0.717) is 32.6 Å². The summed E-state index contributed by atoms with van der Waals surface area (Å²) in [4.78, 5) is 37.9. The van der Waals surface area contributed by atoms with Crippen LogP contribution in [0.2, 0.25) is 0 Å². The number of hydrogen-bond acceptors (Lipinski definition) is 6. The normalized spacial score (nSPS) is 14.9. The van der Waals surface area contributed by atoms with Gasteiger partial charge >= 0.3 is 13.2 Å². The van der Waals surface area contributed by atoms with E-state index in [1.807, 2.05) is 54.6 Å². The third-order valence-electron chi connectivity index (χ3n) is 7.86. The zero-order chi connectivity index (χ0) is 32.9. The minimum atomic E-state index is -1.58. The minimum absolute atomic E-state index is 0.106. The van der Waals surface area contributed by atoms with Crippen molar-refractivity contribution in [3.05, 3.63) is 71.3 Å². The van der Waals surface area contributed by atoms with E-state index in [-0.39, 0.29) is 24.8 Å². The summed E-state index contributed by atoms with van der Waals surface area (Å²) in [6.07, 6.45) is 11.1. The largest absolute Gasteiger partial charge is 0.472 e. The summed E-state index contributed by atoms with van der Waals surface area (Å²) < 4.78 is 0. The highest BCUT2D eigenvalue weighted by Crippen LogP contribution is 2.21. The van der Waals surface area contributed by atoms with Gasteiger partial charge in [-0.1, -0.05) is 113 Å². The zero-order valence-corrected chi connectivity index (χ0v) is 27.1. The number of unbranched alkanes of at least 4 members (excludes halogenated alkanes) is 6. The van der Waals surface area contributed by atoms with Gasteiger partial charge in [0.2, 0.25) is 11.8 Å². The van der Waals surface area contributed by atoms with Crippen LogP contribution in [0.15, 0.2) is 54.6 Å². The van der Waals surface area contributed by atoms with Crippen LogP contribution in [0.4, 0.5) is 4.79 Å². The molecule has 5 N–H and O–H groups in total. The van der Waals surface area contributed by atoms with Crippen molar-refractivity contribution in [3.8, 4) is 0 Å². The summed E-state index contributed by atoms with van der Waals surface area (Å²) in [7, 11) is -1.58. The van der Waals surface area contributed by atoms with Crippen LogP contribution in [0.25, 0.3) is 0 Å². The Balaban J connectivity index is 0.000000277. The predicted molar refractivity (Wildman–Crippen MR) is 178 cm³/mol. The van der Waals surface area contributed by atoms with E-state index in [9.17, 15) is 14.4 Å². The molecule has 2 aromatic carbocycles. The summed E-state index contributed by atoms with van der Waals surface area (Å²) in [5, 5.41) is 31.9. The number of carbonyl (C=O) groups is 3. The lowest BCUT2D eigenvalue weighted by Crippen LogP contribution is -2.50. The first-order valence-electron chi connectivity index (χ1n) is 16.5. The van der Waals surface area contributed by atoms with Crippen LogP contribution >= 0.6 is 0 Å². The molecule has 1 unspecified atom stereocenters. The van der Waals surface area contributed by atoms with Gasteiger partial charge in [0.15, 0.2) is 0 Å². The maximum Gasteiger partial charge on any atom is 0.472 e. The van der Waals surface area contributed by atoms with Crippen molar-refractivity contribution in [2.24, 2.45) is 0 Å². The molecule has 0 aromatic heterocycles. The molecule has 0 saturated carbocycles. The number of fused-ring (bicyclic) bond motifs is 1. The lowest BCUT2D eigenvalue weighted by Gasteiger charge is -2.24. The monoisotopic (exact) mass is 624 g/mol. The number of hydrogen-bond donors (Lipinski definition) is 5. The molecule has 1 fully saturated rings. The van der Waals surface area contributed by atoms with Gasteiger partial charge in [0.1, 0.15) is 6.04 Å². The number of nitrogens with one attached hydrogen (secondary N) is 2. The third-order valence-corrected chi connectivity index (χ3v) is 7.86. The molecule has 45 heavy (non-hydrogen) atoms. The maximum atomic E-state index is 12.3. The maximum absolute atomic E-state index is 12.3. The second kappa shape index (κ2) is 22.2. The highest BCUT2D eigenvalue weighted by Gasteiger charge is 2.33. The number of nitrogens with zero attached hydrogens (tertiary/aromatic N) is 2. The van der Waals surface area contributed by atoms with E-state index in [4.69, 9.17) is 15.2 Å². The lowest BCUT2D eigenvalue weighted by molar-refractivity contribution is -0.137. The number of carboxylic acid groups (broad SMARTS) is 1. The van der Waals surface area contributed by atoms with Gasteiger partial charge in [-0.3, -0.25) is 14.5 Å². The van der Waals surface area contributed by atoms with Crippen LogP contribution < -0.4 is 10.6 Å². The van der Waals surface area contributed by atoms with E-state index in [2.05, 4.69) is 24.5 Å². The molecule has 0 radical (unpaired) electrons. The van der Waals surface area contributed by atoms with Gasteiger partial charge in [0, 0.05) is 19.6 Å². The SMILES string of the molecule is CCCCCCCCC.O=C(NCB(O)O)C1CCCN1C(=O)CNCCc1ccccc1.O=C(O)N1Cc2ccccc2C1. The number of amides is 3. The summed E-state index contributed by atoms with van der Waals surface area (Å²) in [5.74, 6) is -0.441. The van der Waals surface area contributed by atoms with E-state index in [1.165, 1.54) is 55.4 Å². The zero-order valence-electron chi connectivity index (χ0n) is 27.1. The number of benzene rings is 2. The lowest BCUT2D eigenvalue weighted by atomic mass is 9.92. The molecule has 1 atom stereocenters. The van der Waals surface area contributed by atoms with Crippen LogP contribution in [-0.2, 0) is 29.1 Å². The van der Waals surface area contributed by atoms with Gasteiger partial charge in [-0.25, -0.2) is 4.79 Å². The van der Waals surface area contributed by atoms with Crippen molar-refractivity contribution in [1.82, 2.24) is 20.4 Å². The molecule has 2 aliphatic rings. The Morgan fingerprint density at radius 1 is 0.867 bits per heavy atom. The van der Waals surface area contributed by atoms with Crippen LogP contribution in [-0.4, -0.2) is 82.1 Å². The highest BCUT2D eigenvalue weighted by molar-refractivity contribution is 6.41. The standard InChI is InChI=1S/C16H24BN3O4.C9H9NO2.C9H20/c21-15(11-18-9-8-13-5-2-1-3-6-13)20-10-4-7-14(20)16(22)19-12-17(23)24;11-9(12)10-5-7-3-1-2-4-8(7)6-10;1-3-5-7-9-8-6-4-2/h1-3,5-6,14,18,23-24H,4,7-12H2,(H,19,22);1-4H,5-6H2,(H,11,12);3-9H2,1-2H3. The van der Waals surface area contributed by atoms with E-state index < -0.39 is 19.3 Å². The van der Waals surface area contributed by atoms with Gasteiger partial charge in [-0.05, 0) is 42.5 Å². The molecule has 0 spiro atoms. The average molecular weight is 625 g/mol. The van der Waals surface area contributed by atoms with Crippen molar-refractivity contribution in [2.45, 2.75) is 97.2 Å². The van der Waals surface area contributed by atoms with Gasteiger partial charge in [0.25, 0.3) is 0 Å². The second-order valence-electron chi connectivity index (χ2n) is 11.6. The number of rotatable bonds is 14. The van der Waals surface area contributed by atoms with E-state index in [0.717, 1.165) is 24.0 Å². The molecule has 0 aliphatic carbocycles. The molecule has 248 valence electrons.